The Morgan fingerprint density at radius 2 is 1.00 bits per heavy atom. The predicted molar refractivity (Wildman–Crippen MR) is 101 cm³/mol. The fourth-order valence-corrected chi connectivity index (χ4v) is 2.31. The van der Waals surface area contributed by atoms with E-state index < -0.39 is 0 Å². The zero-order chi connectivity index (χ0) is 18.2. The molecule has 4 nitrogen and oxygen atoms in total. The molecule has 0 heterocycles. The third kappa shape index (κ3) is 22.1. The quantitative estimate of drug-likeness (QED) is 0.559. The smallest absolute Gasteiger partial charge is 0.0931 e. The molecule has 2 unspecified atom stereocenters. The van der Waals surface area contributed by atoms with Crippen molar-refractivity contribution in [3.8, 4) is 0 Å². The highest BCUT2D eigenvalue weighted by Gasteiger charge is 2.20. The highest BCUT2D eigenvalue weighted by atomic mass is 16.3. The average molecular weight is 323 g/mol. The van der Waals surface area contributed by atoms with Crippen LogP contribution in [-0.2, 0) is 0 Å². The molecule has 1 saturated carbocycles. The minimum atomic E-state index is 0.0794. The lowest BCUT2D eigenvalue weighted by Crippen LogP contribution is -2.32. The SMILES string of the molecule is CC.CC.CC.CC.OCNCC1CCCC(CNCO)C1. The van der Waals surface area contributed by atoms with E-state index in [-0.39, 0.29) is 13.5 Å². The van der Waals surface area contributed by atoms with Crippen molar-refractivity contribution in [1.82, 2.24) is 10.6 Å². The van der Waals surface area contributed by atoms with Crippen molar-refractivity contribution in [3.63, 3.8) is 0 Å². The summed E-state index contributed by atoms with van der Waals surface area (Å²) in [7, 11) is 0. The first-order valence-corrected chi connectivity index (χ1v) is 9.50. The third-order valence-corrected chi connectivity index (χ3v) is 2.98. The van der Waals surface area contributed by atoms with E-state index in [1.807, 2.05) is 55.4 Å². The van der Waals surface area contributed by atoms with Gasteiger partial charge in [-0.3, -0.25) is 10.6 Å². The molecule has 0 aromatic carbocycles. The molecule has 0 aromatic heterocycles. The van der Waals surface area contributed by atoms with Crippen LogP contribution in [0.2, 0.25) is 0 Å². The Bertz CT molecular complexity index is 133. The first-order valence-electron chi connectivity index (χ1n) is 9.50. The minimum absolute atomic E-state index is 0.0794. The van der Waals surface area contributed by atoms with Gasteiger partial charge >= 0.3 is 0 Å². The van der Waals surface area contributed by atoms with Crippen molar-refractivity contribution in [2.75, 3.05) is 26.6 Å². The van der Waals surface area contributed by atoms with Crippen LogP contribution in [0.25, 0.3) is 0 Å². The molecule has 140 valence electrons. The number of aliphatic hydroxyl groups excluding tert-OH is 2. The molecule has 0 spiro atoms. The van der Waals surface area contributed by atoms with Gasteiger partial charge in [0.25, 0.3) is 0 Å². The van der Waals surface area contributed by atoms with Gasteiger partial charge in [0, 0.05) is 13.1 Å². The minimum Gasteiger partial charge on any atom is -0.381 e. The molecule has 0 bridgehead atoms. The van der Waals surface area contributed by atoms with E-state index in [0.29, 0.717) is 11.8 Å². The maximum atomic E-state index is 8.65. The van der Waals surface area contributed by atoms with Gasteiger partial charge in [-0.25, -0.2) is 0 Å². The van der Waals surface area contributed by atoms with Gasteiger partial charge < -0.3 is 10.2 Å². The summed E-state index contributed by atoms with van der Waals surface area (Å²) in [6, 6.07) is 0. The van der Waals surface area contributed by atoms with Crippen LogP contribution < -0.4 is 10.6 Å². The average Bonchev–Trinajstić information content (AvgIpc) is 2.65. The lowest BCUT2D eigenvalue weighted by molar-refractivity contribution is 0.198. The van der Waals surface area contributed by atoms with E-state index in [1.54, 1.807) is 0 Å². The van der Waals surface area contributed by atoms with Crippen molar-refractivity contribution in [3.05, 3.63) is 0 Å². The molecule has 2 atom stereocenters. The molecule has 4 N–H and O–H groups in total. The van der Waals surface area contributed by atoms with Gasteiger partial charge in [0.15, 0.2) is 0 Å². The molecule has 1 rings (SSSR count). The fraction of sp³-hybridized carbons (Fsp3) is 1.00. The summed E-state index contributed by atoms with van der Waals surface area (Å²) >= 11 is 0. The molecule has 0 radical (unpaired) electrons. The predicted octanol–water partition coefficient (Wildman–Crippen LogP) is 3.98. The molecule has 1 aliphatic carbocycles. The van der Waals surface area contributed by atoms with Crippen molar-refractivity contribution in [2.45, 2.75) is 81.1 Å². The largest absolute Gasteiger partial charge is 0.381 e. The van der Waals surface area contributed by atoms with Crippen LogP contribution in [-0.4, -0.2) is 36.8 Å². The van der Waals surface area contributed by atoms with E-state index in [9.17, 15) is 0 Å². The topological polar surface area (TPSA) is 64.5 Å². The zero-order valence-corrected chi connectivity index (χ0v) is 16.7. The van der Waals surface area contributed by atoms with E-state index >= 15 is 0 Å². The van der Waals surface area contributed by atoms with E-state index in [2.05, 4.69) is 10.6 Å². The normalized spacial score (nSPS) is 18.8. The van der Waals surface area contributed by atoms with Crippen molar-refractivity contribution < 1.29 is 10.2 Å². The highest BCUT2D eigenvalue weighted by Crippen LogP contribution is 2.27. The lowest BCUT2D eigenvalue weighted by atomic mass is 9.81. The first kappa shape index (κ1) is 29.8. The molecule has 0 amide bonds. The molecule has 0 saturated heterocycles. The van der Waals surface area contributed by atoms with Gasteiger partial charge in [0.2, 0.25) is 0 Å². The van der Waals surface area contributed by atoms with Gasteiger partial charge in [0.1, 0.15) is 0 Å². The molecule has 0 aromatic rings. The van der Waals surface area contributed by atoms with Crippen LogP contribution in [0.15, 0.2) is 0 Å². The van der Waals surface area contributed by atoms with Gasteiger partial charge in [-0.1, -0.05) is 61.8 Å². The Balaban J connectivity index is -0.000000175. The number of hydrogen-bond donors (Lipinski definition) is 4. The maximum absolute atomic E-state index is 8.65. The Labute approximate surface area is 141 Å². The summed E-state index contributed by atoms with van der Waals surface area (Å²) in [5, 5.41) is 23.3. The summed E-state index contributed by atoms with van der Waals surface area (Å²) in [4.78, 5) is 0. The number of rotatable bonds is 6. The monoisotopic (exact) mass is 322 g/mol. The maximum Gasteiger partial charge on any atom is 0.0931 e. The van der Waals surface area contributed by atoms with E-state index in [0.717, 1.165) is 13.1 Å². The van der Waals surface area contributed by atoms with Gasteiger partial charge in [-0.05, 0) is 31.1 Å². The summed E-state index contributed by atoms with van der Waals surface area (Å²) in [5.74, 6) is 1.39. The van der Waals surface area contributed by atoms with Gasteiger partial charge in [-0.15, -0.1) is 0 Å². The number of aliphatic hydroxyl groups is 2. The van der Waals surface area contributed by atoms with Gasteiger partial charge in [-0.2, -0.15) is 0 Å². The van der Waals surface area contributed by atoms with Crippen molar-refractivity contribution >= 4 is 0 Å². The lowest BCUT2D eigenvalue weighted by Gasteiger charge is -2.29. The van der Waals surface area contributed by atoms with E-state index in [4.69, 9.17) is 10.2 Å². The van der Waals surface area contributed by atoms with Crippen molar-refractivity contribution in [1.29, 1.82) is 0 Å². The Morgan fingerprint density at radius 3 is 1.27 bits per heavy atom. The summed E-state index contributed by atoms with van der Waals surface area (Å²) in [6.45, 7) is 18.0. The van der Waals surface area contributed by atoms with Crippen LogP contribution in [0.5, 0.6) is 0 Å². The molecule has 4 heteroatoms. The van der Waals surface area contributed by atoms with Crippen LogP contribution in [0.3, 0.4) is 0 Å². The second-order valence-corrected chi connectivity index (χ2v) is 4.12. The van der Waals surface area contributed by atoms with Crippen molar-refractivity contribution in [2.24, 2.45) is 11.8 Å². The van der Waals surface area contributed by atoms with E-state index in [1.165, 1.54) is 25.7 Å². The Hall–Kier alpha value is -0.160. The highest BCUT2D eigenvalue weighted by molar-refractivity contribution is 4.75. The molecular weight excluding hydrogens is 276 g/mol. The first-order chi connectivity index (χ1) is 10.9. The molecule has 1 aliphatic rings. The molecule has 0 aliphatic heterocycles. The fourth-order valence-electron chi connectivity index (χ4n) is 2.31. The second kappa shape index (κ2) is 32.7. The van der Waals surface area contributed by atoms with Crippen LogP contribution in [0.4, 0.5) is 0 Å². The van der Waals surface area contributed by atoms with Crippen LogP contribution in [0.1, 0.15) is 81.1 Å². The second-order valence-electron chi connectivity index (χ2n) is 4.12. The molecule has 22 heavy (non-hydrogen) atoms. The summed E-state index contributed by atoms with van der Waals surface area (Å²) < 4.78 is 0. The third-order valence-electron chi connectivity index (χ3n) is 2.98. The van der Waals surface area contributed by atoms with Gasteiger partial charge in [0.05, 0.1) is 13.5 Å². The molecular formula is C18H46N2O2. The summed E-state index contributed by atoms with van der Waals surface area (Å²) in [5.41, 5.74) is 0. The van der Waals surface area contributed by atoms with Crippen LogP contribution >= 0.6 is 0 Å². The standard InChI is InChI=1S/C10H22N2O2.4C2H6/c13-7-11-5-9-2-1-3-10(4-9)6-12-8-14;4*1-2/h9-14H,1-8H2;4*1-2H3. The number of nitrogens with one attached hydrogen (secondary N) is 2. The molecule has 1 fully saturated rings. The zero-order valence-electron chi connectivity index (χ0n) is 16.7. The Kier molecular flexibility index (Phi) is 44.3. The Morgan fingerprint density at radius 1 is 0.682 bits per heavy atom. The van der Waals surface area contributed by atoms with Crippen LogP contribution in [0, 0.1) is 11.8 Å². The summed E-state index contributed by atoms with van der Waals surface area (Å²) in [6.07, 6.45) is 5.01. The number of hydrogen-bond acceptors (Lipinski definition) is 4.